The number of anilines is 2. The van der Waals surface area contributed by atoms with Crippen LogP contribution in [0.15, 0.2) is 66.7 Å². The summed E-state index contributed by atoms with van der Waals surface area (Å²) in [6.45, 7) is 0. The first-order chi connectivity index (χ1) is 13.5. The number of halogens is 2. The number of hydrogen-bond donors (Lipinski definition) is 2. The number of amides is 2. The molecular formula is C21H16ClFN2O3. The Bertz CT molecular complexity index is 1010. The lowest BCUT2D eigenvalue weighted by Gasteiger charge is -2.11. The van der Waals surface area contributed by atoms with E-state index in [-0.39, 0.29) is 17.6 Å². The summed E-state index contributed by atoms with van der Waals surface area (Å²) in [5.74, 6) is -0.640. The summed E-state index contributed by atoms with van der Waals surface area (Å²) >= 11 is 5.96. The molecule has 28 heavy (non-hydrogen) atoms. The van der Waals surface area contributed by atoms with Crippen molar-refractivity contribution in [2.75, 3.05) is 17.7 Å². The maximum Gasteiger partial charge on any atom is 0.255 e. The van der Waals surface area contributed by atoms with Crippen LogP contribution in [0.4, 0.5) is 15.8 Å². The second kappa shape index (κ2) is 8.54. The van der Waals surface area contributed by atoms with Gasteiger partial charge < -0.3 is 15.4 Å². The van der Waals surface area contributed by atoms with Crippen molar-refractivity contribution in [2.45, 2.75) is 0 Å². The molecule has 0 fully saturated rings. The molecule has 0 unspecified atom stereocenters. The minimum atomic E-state index is -0.385. The number of nitrogens with one attached hydrogen (secondary N) is 2. The standard InChI is InChI=1S/C21H16ClFN2O3/c1-28-19-11-6-15(22)12-18(19)25-21(27)14-4-2-13(3-5-14)20(26)24-17-9-7-16(23)8-10-17/h2-12H,1H3,(H,24,26)(H,25,27). The summed E-state index contributed by atoms with van der Waals surface area (Å²) in [6.07, 6.45) is 0. The van der Waals surface area contributed by atoms with Crippen molar-refractivity contribution in [1.82, 2.24) is 0 Å². The van der Waals surface area contributed by atoms with Crippen molar-refractivity contribution >= 4 is 34.8 Å². The molecule has 0 heterocycles. The Kier molecular flexibility index (Phi) is 5.91. The van der Waals surface area contributed by atoms with E-state index < -0.39 is 0 Å². The second-order valence-electron chi connectivity index (χ2n) is 5.84. The fourth-order valence-corrected chi connectivity index (χ4v) is 2.65. The molecule has 0 saturated carbocycles. The summed E-state index contributed by atoms with van der Waals surface area (Å²) in [7, 11) is 1.49. The zero-order chi connectivity index (χ0) is 20.1. The molecule has 142 valence electrons. The quantitative estimate of drug-likeness (QED) is 0.636. The summed E-state index contributed by atoms with van der Waals surface area (Å²) in [6, 6.07) is 16.5. The van der Waals surface area contributed by atoms with Crippen LogP contribution in [0, 0.1) is 5.82 Å². The Hall–Kier alpha value is -3.38. The van der Waals surface area contributed by atoms with Gasteiger partial charge in [-0.05, 0) is 66.7 Å². The van der Waals surface area contributed by atoms with Crippen LogP contribution in [0.2, 0.25) is 5.02 Å². The average molecular weight is 399 g/mol. The Labute approximate surface area is 166 Å². The average Bonchev–Trinajstić information content (AvgIpc) is 2.70. The molecule has 0 spiro atoms. The van der Waals surface area contributed by atoms with E-state index in [4.69, 9.17) is 16.3 Å². The molecule has 0 aromatic heterocycles. The zero-order valence-electron chi connectivity index (χ0n) is 14.8. The first-order valence-corrected chi connectivity index (χ1v) is 8.66. The zero-order valence-corrected chi connectivity index (χ0v) is 15.6. The molecule has 3 rings (SSSR count). The van der Waals surface area contributed by atoms with Gasteiger partial charge in [-0.1, -0.05) is 11.6 Å². The minimum absolute atomic E-state index is 0.361. The van der Waals surface area contributed by atoms with Crippen LogP contribution in [0.3, 0.4) is 0 Å². The first kappa shape index (κ1) is 19.4. The van der Waals surface area contributed by atoms with Gasteiger partial charge in [0.1, 0.15) is 11.6 Å². The highest BCUT2D eigenvalue weighted by molar-refractivity contribution is 6.31. The Morgan fingerprint density at radius 2 is 1.43 bits per heavy atom. The van der Waals surface area contributed by atoms with E-state index in [0.29, 0.717) is 33.3 Å². The molecule has 2 amide bonds. The predicted molar refractivity (Wildman–Crippen MR) is 107 cm³/mol. The molecule has 3 aromatic rings. The van der Waals surface area contributed by atoms with Crippen LogP contribution >= 0.6 is 11.6 Å². The van der Waals surface area contributed by atoms with Crippen molar-refractivity contribution < 1.29 is 18.7 Å². The van der Waals surface area contributed by atoms with Gasteiger partial charge >= 0.3 is 0 Å². The topological polar surface area (TPSA) is 67.4 Å². The normalized spacial score (nSPS) is 10.2. The largest absolute Gasteiger partial charge is 0.495 e. The minimum Gasteiger partial charge on any atom is -0.495 e. The number of carbonyl (C=O) groups excluding carboxylic acids is 2. The van der Waals surface area contributed by atoms with Gasteiger partial charge in [0.25, 0.3) is 11.8 Å². The van der Waals surface area contributed by atoms with Crippen molar-refractivity contribution in [3.05, 3.63) is 88.7 Å². The highest BCUT2D eigenvalue weighted by atomic mass is 35.5. The van der Waals surface area contributed by atoms with Gasteiger partial charge in [0.2, 0.25) is 0 Å². The van der Waals surface area contributed by atoms with Crippen LogP contribution in [0.5, 0.6) is 5.75 Å². The predicted octanol–water partition coefficient (Wildman–Crippen LogP) is 4.99. The summed E-state index contributed by atoms with van der Waals surface area (Å²) in [5, 5.41) is 5.85. The third-order valence-corrected chi connectivity index (χ3v) is 4.16. The number of carbonyl (C=O) groups is 2. The molecule has 0 saturated heterocycles. The van der Waals surface area contributed by atoms with Crippen LogP contribution in [-0.2, 0) is 0 Å². The number of ether oxygens (including phenoxy) is 1. The van der Waals surface area contributed by atoms with Crippen LogP contribution in [0.1, 0.15) is 20.7 Å². The van der Waals surface area contributed by atoms with Crippen LogP contribution < -0.4 is 15.4 Å². The van der Waals surface area contributed by atoms with Crippen molar-refractivity contribution in [1.29, 1.82) is 0 Å². The lowest BCUT2D eigenvalue weighted by Crippen LogP contribution is -2.14. The van der Waals surface area contributed by atoms with Crippen molar-refractivity contribution in [3.8, 4) is 5.75 Å². The molecule has 0 aliphatic carbocycles. The maximum atomic E-state index is 12.9. The molecule has 0 aliphatic rings. The monoisotopic (exact) mass is 398 g/mol. The van der Waals surface area contributed by atoms with Gasteiger partial charge in [0, 0.05) is 21.8 Å². The number of rotatable bonds is 5. The number of hydrogen-bond acceptors (Lipinski definition) is 3. The molecule has 0 bridgehead atoms. The van der Waals surface area contributed by atoms with E-state index in [2.05, 4.69) is 10.6 Å². The number of benzene rings is 3. The van der Waals surface area contributed by atoms with Crippen LogP contribution in [-0.4, -0.2) is 18.9 Å². The Morgan fingerprint density at radius 1 is 0.857 bits per heavy atom. The molecule has 5 nitrogen and oxygen atoms in total. The molecule has 0 radical (unpaired) electrons. The molecular weight excluding hydrogens is 383 g/mol. The van der Waals surface area contributed by atoms with Gasteiger partial charge in [0.05, 0.1) is 12.8 Å². The van der Waals surface area contributed by atoms with Crippen molar-refractivity contribution in [3.63, 3.8) is 0 Å². The summed E-state index contributed by atoms with van der Waals surface area (Å²) < 4.78 is 18.1. The molecule has 0 aliphatic heterocycles. The van der Waals surface area contributed by atoms with E-state index in [1.807, 2.05) is 0 Å². The maximum absolute atomic E-state index is 12.9. The van der Waals surface area contributed by atoms with E-state index in [1.54, 1.807) is 18.2 Å². The summed E-state index contributed by atoms with van der Waals surface area (Å²) in [5.41, 5.74) is 1.64. The fraction of sp³-hybridized carbons (Fsp3) is 0.0476. The van der Waals surface area contributed by atoms with E-state index in [0.717, 1.165) is 0 Å². The van der Waals surface area contributed by atoms with Gasteiger partial charge in [-0.25, -0.2) is 4.39 Å². The Balaban J connectivity index is 1.69. The molecule has 2 N–H and O–H groups in total. The second-order valence-corrected chi connectivity index (χ2v) is 6.27. The first-order valence-electron chi connectivity index (χ1n) is 8.28. The molecule has 7 heteroatoms. The highest BCUT2D eigenvalue weighted by Crippen LogP contribution is 2.28. The number of methoxy groups -OCH3 is 1. The Morgan fingerprint density at radius 3 is 2.00 bits per heavy atom. The van der Waals surface area contributed by atoms with Crippen LogP contribution in [0.25, 0.3) is 0 Å². The third kappa shape index (κ3) is 4.66. The SMILES string of the molecule is COc1ccc(Cl)cc1NC(=O)c1ccc(C(=O)Nc2ccc(F)cc2)cc1. The summed E-state index contributed by atoms with van der Waals surface area (Å²) in [4.78, 5) is 24.7. The molecule has 0 atom stereocenters. The van der Waals surface area contributed by atoms with E-state index in [1.165, 1.54) is 55.6 Å². The van der Waals surface area contributed by atoms with E-state index in [9.17, 15) is 14.0 Å². The fourth-order valence-electron chi connectivity index (χ4n) is 2.48. The van der Waals surface area contributed by atoms with Gasteiger partial charge in [-0.3, -0.25) is 9.59 Å². The lowest BCUT2D eigenvalue weighted by atomic mass is 10.1. The smallest absolute Gasteiger partial charge is 0.255 e. The van der Waals surface area contributed by atoms with Crippen molar-refractivity contribution in [2.24, 2.45) is 0 Å². The van der Waals surface area contributed by atoms with E-state index >= 15 is 0 Å². The van der Waals surface area contributed by atoms with Gasteiger partial charge in [0.15, 0.2) is 0 Å². The van der Waals surface area contributed by atoms with Gasteiger partial charge in [-0.2, -0.15) is 0 Å². The third-order valence-electron chi connectivity index (χ3n) is 3.92. The highest BCUT2D eigenvalue weighted by Gasteiger charge is 2.12. The van der Waals surface area contributed by atoms with Gasteiger partial charge in [-0.15, -0.1) is 0 Å². The lowest BCUT2D eigenvalue weighted by molar-refractivity contribution is 0.101. The molecule has 3 aromatic carbocycles.